The lowest BCUT2D eigenvalue weighted by Crippen LogP contribution is -2.51. The van der Waals surface area contributed by atoms with Crippen LogP contribution in [0.15, 0.2) is 60.7 Å². The number of amides is 3. The number of carbonyl (C=O) groups is 2. The number of anilines is 1. The molecule has 32 heavy (non-hydrogen) atoms. The van der Waals surface area contributed by atoms with Crippen LogP contribution in [0.5, 0.6) is 0 Å². The molecule has 0 aromatic heterocycles. The third-order valence-corrected chi connectivity index (χ3v) is 5.40. The maximum Gasteiger partial charge on any atom is 0.410 e. The van der Waals surface area contributed by atoms with Crippen LogP contribution in [0.4, 0.5) is 15.3 Å². The number of hydrogen-bond acceptors (Lipinski definition) is 4. The van der Waals surface area contributed by atoms with Crippen LogP contribution in [0, 0.1) is 0 Å². The lowest BCUT2D eigenvalue weighted by molar-refractivity contribution is 0.0145. The van der Waals surface area contributed by atoms with E-state index in [0.29, 0.717) is 31.6 Å². The van der Waals surface area contributed by atoms with Crippen LogP contribution in [-0.2, 0) is 4.74 Å². The second-order valence-corrected chi connectivity index (χ2v) is 9.07. The monoisotopic (exact) mass is 439 g/mol. The van der Waals surface area contributed by atoms with Crippen molar-refractivity contribution in [1.29, 1.82) is 0 Å². The summed E-state index contributed by atoms with van der Waals surface area (Å²) in [4.78, 5) is 29.0. The molecule has 172 valence electrons. The van der Waals surface area contributed by atoms with E-state index < -0.39 is 11.7 Å². The van der Waals surface area contributed by atoms with Gasteiger partial charge in [-0.15, -0.1) is 0 Å². The molecule has 0 spiro atoms. The summed E-state index contributed by atoms with van der Waals surface area (Å²) in [6, 6.07) is 18.2. The van der Waals surface area contributed by atoms with Gasteiger partial charge in [0.25, 0.3) is 0 Å². The van der Waals surface area contributed by atoms with Crippen LogP contribution in [0.2, 0.25) is 0 Å². The number of likely N-dealkylation sites (tertiary alicyclic amines) is 1. The number of piperidine rings is 1. The first-order valence-electron chi connectivity index (χ1n) is 11.1. The normalized spacial score (nSPS) is 15.7. The predicted molar refractivity (Wildman–Crippen MR) is 124 cm³/mol. The standard InChI is InChI=1S/C25H33N3O4/c1-25(2,3)32-24(31)27-16-14-21(15-17-27)28(18-22(29)19-10-6-4-7-11-19)23(30)26-20-12-8-5-9-13-20/h4-13,21-22,29H,14-18H2,1-3H3,(H,26,30). The molecule has 0 radical (unpaired) electrons. The van der Waals surface area contributed by atoms with Gasteiger partial charge in [-0.2, -0.15) is 0 Å². The molecular formula is C25H33N3O4. The van der Waals surface area contributed by atoms with Crippen LogP contribution < -0.4 is 5.32 Å². The lowest BCUT2D eigenvalue weighted by Gasteiger charge is -2.39. The first-order chi connectivity index (χ1) is 15.2. The number of benzene rings is 2. The topological polar surface area (TPSA) is 82.1 Å². The summed E-state index contributed by atoms with van der Waals surface area (Å²) in [6.45, 7) is 6.70. The molecule has 7 heteroatoms. The zero-order valence-electron chi connectivity index (χ0n) is 19.0. The van der Waals surface area contributed by atoms with E-state index in [0.717, 1.165) is 5.56 Å². The number of aliphatic hydroxyl groups excluding tert-OH is 1. The Balaban J connectivity index is 1.69. The second kappa shape index (κ2) is 10.5. The van der Waals surface area contributed by atoms with Gasteiger partial charge in [0.15, 0.2) is 0 Å². The van der Waals surface area contributed by atoms with E-state index in [-0.39, 0.29) is 24.7 Å². The highest BCUT2D eigenvalue weighted by atomic mass is 16.6. The number of nitrogens with zero attached hydrogens (tertiary/aromatic N) is 2. The molecule has 2 N–H and O–H groups in total. The zero-order chi connectivity index (χ0) is 23.1. The molecule has 3 amide bonds. The molecule has 7 nitrogen and oxygen atoms in total. The van der Waals surface area contributed by atoms with Crippen molar-refractivity contribution >= 4 is 17.8 Å². The van der Waals surface area contributed by atoms with Crippen LogP contribution in [-0.4, -0.2) is 58.3 Å². The summed E-state index contributed by atoms with van der Waals surface area (Å²) in [7, 11) is 0. The molecule has 3 rings (SSSR count). The van der Waals surface area contributed by atoms with Crippen molar-refractivity contribution in [3.63, 3.8) is 0 Å². The number of para-hydroxylation sites is 1. The third-order valence-electron chi connectivity index (χ3n) is 5.40. The van der Waals surface area contributed by atoms with Crippen molar-refractivity contribution in [3.8, 4) is 0 Å². The van der Waals surface area contributed by atoms with Crippen LogP contribution in [0.25, 0.3) is 0 Å². The van der Waals surface area contributed by atoms with E-state index in [1.807, 2.05) is 81.4 Å². The largest absolute Gasteiger partial charge is 0.444 e. The van der Waals surface area contributed by atoms with E-state index in [9.17, 15) is 14.7 Å². The predicted octanol–water partition coefficient (Wildman–Crippen LogP) is 4.65. The molecular weight excluding hydrogens is 406 g/mol. The molecule has 1 atom stereocenters. The molecule has 1 aliphatic heterocycles. The lowest BCUT2D eigenvalue weighted by atomic mass is 10.0. The van der Waals surface area contributed by atoms with Crippen molar-refractivity contribution in [1.82, 2.24) is 9.80 Å². The van der Waals surface area contributed by atoms with Gasteiger partial charge >= 0.3 is 12.1 Å². The van der Waals surface area contributed by atoms with E-state index >= 15 is 0 Å². The van der Waals surface area contributed by atoms with Gasteiger partial charge in [-0.1, -0.05) is 48.5 Å². The van der Waals surface area contributed by atoms with Crippen LogP contribution in [0.3, 0.4) is 0 Å². The average Bonchev–Trinajstić information content (AvgIpc) is 2.77. The summed E-state index contributed by atoms with van der Waals surface area (Å²) in [5.74, 6) is 0. The van der Waals surface area contributed by atoms with E-state index in [4.69, 9.17) is 4.74 Å². The Morgan fingerprint density at radius 3 is 2.19 bits per heavy atom. The van der Waals surface area contributed by atoms with Gasteiger partial charge in [-0.3, -0.25) is 0 Å². The van der Waals surface area contributed by atoms with Crippen molar-refractivity contribution in [2.45, 2.75) is 51.4 Å². The van der Waals surface area contributed by atoms with Gasteiger partial charge in [0.05, 0.1) is 12.6 Å². The number of nitrogens with one attached hydrogen (secondary N) is 1. The minimum Gasteiger partial charge on any atom is -0.444 e. The Bertz CT molecular complexity index is 875. The number of urea groups is 1. The molecule has 1 unspecified atom stereocenters. The van der Waals surface area contributed by atoms with Crippen LogP contribution in [0.1, 0.15) is 45.3 Å². The fourth-order valence-electron chi connectivity index (χ4n) is 3.77. The van der Waals surface area contributed by atoms with E-state index in [1.165, 1.54) is 0 Å². The van der Waals surface area contributed by atoms with Gasteiger partial charge in [-0.05, 0) is 51.3 Å². The molecule has 0 aliphatic carbocycles. The molecule has 0 saturated carbocycles. The second-order valence-electron chi connectivity index (χ2n) is 9.07. The number of ether oxygens (including phenoxy) is 1. The first-order valence-corrected chi connectivity index (χ1v) is 11.1. The average molecular weight is 440 g/mol. The molecule has 2 aromatic carbocycles. The van der Waals surface area contributed by atoms with Crippen molar-refractivity contribution in [3.05, 3.63) is 66.2 Å². The summed E-state index contributed by atoms with van der Waals surface area (Å²) in [6.07, 6.45) is 0.0912. The van der Waals surface area contributed by atoms with Gasteiger partial charge < -0.3 is 25.0 Å². The Labute approximate surface area is 190 Å². The summed E-state index contributed by atoms with van der Waals surface area (Å²) in [5, 5.41) is 13.7. The zero-order valence-corrected chi connectivity index (χ0v) is 19.0. The summed E-state index contributed by atoms with van der Waals surface area (Å²) < 4.78 is 5.48. The van der Waals surface area contributed by atoms with Gasteiger partial charge in [-0.25, -0.2) is 9.59 Å². The number of carbonyl (C=O) groups excluding carboxylic acids is 2. The van der Waals surface area contributed by atoms with Crippen molar-refractivity contribution in [2.24, 2.45) is 0 Å². The van der Waals surface area contributed by atoms with Gasteiger partial charge in [0.1, 0.15) is 5.60 Å². The third kappa shape index (κ3) is 6.72. The Morgan fingerprint density at radius 1 is 1.06 bits per heavy atom. The maximum atomic E-state index is 13.2. The Hall–Kier alpha value is -3.06. The SMILES string of the molecule is CC(C)(C)OC(=O)N1CCC(N(CC(O)c2ccccc2)C(=O)Nc2ccccc2)CC1. The van der Waals surface area contributed by atoms with Crippen molar-refractivity contribution in [2.75, 3.05) is 25.0 Å². The summed E-state index contributed by atoms with van der Waals surface area (Å²) >= 11 is 0. The number of aliphatic hydroxyl groups is 1. The molecule has 1 aliphatic rings. The van der Waals surface area contributed by atoms with E-state index in [2.05, 4.69) is 5.32 Å². The molecule has 0 bridgehead atoms. The number of hydrogen-bond donors (Lipinski definition) is 2. The fraction of sp³-hybridized carbons (Fsp3) is 0.440. The molecule has 2 aromatic rings. The summed E-state index contributed by atoms with van der Waals surface area (Å²) in [5.41, 5.74) is 0.911. The Morgan fingerprint density at radius 2 is 1.62 bits per heavy atom. The van der Waals surface area contributed by atoms with Crippen LogP contribution >= 0.6 is 0 Å². The fourth-order valence-corrected chi connectivity index (χ4v) is 3.77. The maximum absolute atomic E-state index is 13.2. The minimum atomic E-state index is -0.804. The number of rotatable bonds is 5. The highest BCUT2D eigenvalue weighted by Crippen LogP contribution is 2.23. The first kappa shape index (κ1) is 23.6. The molecule has 1 fully saturated rings. The quantitative estimate of drug-likeness (QED) is 0.710. The van der Waals surface area contributed by atoms with Crippen molar-refractivity contribution < 1.29 is 19.4 Å². The van der Waals surface area contributed by atoms with Gasteiger partial charge in [0, 0.05) is 24.8 Å². The Kier molecular flexibility index (Phi) is 7.75. The highest BCUT2D eigenvalue weighted by Gasteiger charge is 2.32. The minimum absolute atomic E-state index is 0.101. The smallest absolute Gasteiger partial charge is 0.410 e. The van der Waals surface area contributed by atoms with Gasteiger partial charge in [0.2, 0.25) is 0 Å². The van der Waals surface area contributed by atoms with E-state index in [1.54, 1.807) is 9.80 Å². The molecule has 1 saturated heterocycles. The molecule has 1 heterocycles. The highest BCUT2D eigenvalue weighted by molar-refractivity contribution is 5.89.